The Morgan fingerprint density at radius 2 is 1.44 bits per heavy atom. The number of benzene rings is 2. The molecule has 0 saturated carbocycles. The van der Waals surface area contributed by atoms with E-state index >= 15 is 0 Å². The van der Waals surface area contributed by atoms with E-state index in [4.69, 9.17) is 12.6 Å². The molecule has 2 amide bonds. The summed E-state index contributed by atoms with van der Waals surface area (Å²) < 4.78 is 25.3. The van der Waals surface area contributed by atoms with Crippen molar-refractivity contribution in [2.24, 2.45) is 16.1 Å². The lowest BCUT2D eigenvalue weighted by molar-refractivity contribution is -0.120. The van der Waals surface area contributed by atoms with Gasteiger partial charge in [-0.25, -0.2) is 0 Å². The zero-order valence-electron chi connectivity index (χ0n) is 24.3. The molecule has 2 fully saturated rings. The lowest BCUT2D eigenvalue weighted by atomic mass is 9.97. The number of carbonyl (C=O) groups is 3. The number of rotatable bonds is 16. The SMILES string of the molecule is O=C(CCCCCCCNC(=O)c1ccc(N=Nc2ccccc2)cc1)CCCCC1SC[C@H]2CC(=O)N[C@@H]12.O=S(=O)=O. The number of fused-ring (bicyclic) bond motifs is 1. The van der Waals surface area contributed by atoms with Crippen LogP contribution < -0.4 is 10.6 Å². The molecule has 3 atom stereocenters. The second kappa shape index (κ2) is 19.0. The summed E-state index contributed by atoms with van der Waals surface area (Å²) in [5.74, 6) is 2.12. The van der Waals surface area contributed by atoms with Crippen molar-refractivity contribution in [1.29, 1.82) is 0 Å². The summed E-state index contributed by atoms with van der Waals surface area (Å²) >= 11 is 1.99. The summed E-state index contributed by atoms with van der Waals surface area (Å²) in [5.41, 5.74) is 2.11. The van der Waals surface area contributed by atoms with Gasteiger partial charge in [0.25, 0.3) is 5.91 Å². The number of amides is 2. The average Bonchev–Trinajstić information content (AvgIpc) is 3.55. The van der Waals surface area contributed by atoms with E-state index in [1.54, 1.807) is 24.3 Å². The van der Waals surface area contributed by atoms with Crippen molar-refractivity contribution in [3.8, 4) is 0 Å². The highest BCUT2D eigenvalue weighted by atomic mass is 32.2. The molecule has 0 bridgehead atoms. The quantitative estimate of drug-likeness (QED) is 0.173. The van der Waals surface area contributed by atoms with Gasteiger partial charge in [0.05, 0.1) is 11.4 Å². The van der Waals surface area contributed by atoms with Crippen LogP contribution in [-0.2, 0) is 20.2 Å². The Labute approximate surface area is 259 Å². The first-order chi connectivity index (χ1) is 20.8. The van der Waals surface area contributed by atoms with Crippen molar-refractivity contribution in [1.82, 2.24) is 10.6 Å². The minimum absolute atomic E-state index is 0.0773. The Hall–Kier alpha value is -3.38. The van der Waals surface area contributed by atoms with Crippen molar-refractivity contribution in [3.63, 3.8) is 0 Å². The number of hydrogen-bond donors (Lipinski definition) is 2. The van der Waals surface area contributed by atoms with Crippen molar-refractivity contribution < 1.29 is 27.0 Å². The second-order valence-corrected chi connectivity index (χ2v) is 12.5. The molecular formula is C31H40N4O6S2. The third-order valence-corrected chi connectivity index (χ3v) is 9.06. The van der Waals surface area contributed by atoms with Gasteiger partial charge >= 0.3 is 10.6 Å². The van der Waals surface area contributed by atoms with Crippen LogP contribution in [0.1, 0.15) is 81.0 Å². The molecule has 12 heteroatoms. The third-order valence-electron chi connectivity index (χ3n) is 7.49. The zero-order chi connectivity index (χ0) is 30.9. The maximum absolute atomic E-state index is 12.4. The highest BCUT2D eigenvalue weighted by Crippen LogP contribution is 2.39. The number of hydrogen-bond acceptors (Lipinski definition) is 9. The molecule has 0 aliphatic carbocycles. The topological polar surface area (TPSA) is 151 Å². The van der Waals surface area contributed by atoms with Crippen LogP contribution in [0.5, 0.6) is 0 Å². The molecule has 2 aromatic carbocycles. The molecule has 2 aliphatic heterocycles. The van der Waals surface area contributed by atoms with Gasteiger partial charge in [0.1, 0.15) is 5.78 Å². The predicted octanol–water partition coefficient (Wildman–Crippen LogP) is 5.92. The van der Waals surface area contributed by atoms with E-state index in [0.29, 0.717) is 60.1 Å². The van der Waals surface area contributed by atoms with Crippen LogP contribution in [0.25, 0.3) is 0 Å². The summed E-state index contributed by atoms with van der Waals surface area (Å²) in [5, 5.41) is 15.0. The van der Waals surface area contributed by atoms with Crippen LogP contribution in [0, 0.1) is 5.92 Å². The Morgan fingerprint density at radius 3 is 2.14 bits per heavy atom. The maximum Gasteiger partial charge on any atom is 0.425 e. The van der Waals surface area contributed by atoms with Crippen LogP contribution in [0.3, 0.4) is 0 Å². The Bertz CT molecular complexity index is 1310. The van der Waals surface area contributed by atoms with Crippen LogP contribution in [-0.4, -0.2) is 53.8 Å². The molecule has 2 saturated heterocycles. The second-order valence-electron chi connectivity index (χ2n) is 10.8. The summed E-state index contributed by atoms with van der Waals surface area (Å²) in [6, 6.07) is 17.0. The molecule has 232 valence electrons. The number of nitrogens with zero attached hydrogens (tertiary/aromatic N) is 2. The van der Waals surface area contributed by atoms with Crippen molar-refractivity contribution in [2.75, 3.05) is 12.3 Å². The Kier molecular flexibility index (Phi) is 15.1. The minimum Gasteiger partial charge on any atom is -0.352 e. The third kappa shape index (κ3) is 13.2. The lowest BCUT2D eigenvalue weighted by Gasteiger charge is -2.17. The van der Waals surface area contributed by atoms with Gasteiger partial charge in [-0.1, -0.05) is 43.9 Å². The van der Waals surface area contributed by atoms with E-state index in [-0.39, 0.29) is 11.8 Å². The molecular weight excluding hydrogens is 588 g/mol. The number of carbonyl (C=O) groups excluding carboxylic acids is 3. The van der Waals surface area contributed by atoms with E-state index in [1.165, 1.54) is 0 Å². The largest absolute Gasteiger partial charge is 0.425 e. The van der Waals surface area contributed by atoms with Gasteiger partial charge < -0.3 is 10.6 Å². The smallest absolute Gasteiger partial charge is 0.352 e. The monoisotopic (exact) mass is 628 g/mol. The number of nitrogens with one attached hydrogen (secondary N) is 2. The molecule has 1 unspecified atom stereocenters. The van der Waals surface area contributed by atoms with Gasteiger partial charge in [0.2, 0.25) is 5.91 Å². The number of ketones is 1. The summed E-state index contributed by atoms with van der Waals surface area (Å²) in [7, 11) is -3.11. The molecule has 2 N–H and O–H groups in total. The average molecular weight is 629 g/mol. The lowest BCUT2D eigenvalue weighted by Crippen LogP contribution is -2.34. The van der Waals surface area contributed by atoms with Gasteiger partial charge in [-0.3, -0.25) is 14.4 Å². The molecule has 0 spiro atoms. The number of azo groups is 1. The number of unbranched alkanes of at least 4 members (excludes halogenated alkanes) is 5. The zero-order valence-corrected chi connectivity index (χ0v) is 25.9. The molecule has 4 rings (SSSR count). The Balaban J connectivity index is 0.00000119. The number of Topliss-reactive ketones (excluding diaryl/α,β-unsaturated/α-hetero) is 1. The van der Waals surface area contributed by atoms with Crippen LogP contribution in [0.2, 0.25) is 0 Å². The minimum atomic E-state index is -3.11. The first kappa shape index (κ1) is 34.1. The van der Waals surface area contributed by atoms with Gasteiger partial charge in [-0.2, -0.15) is 22.0 Å². The predicted molar refractivity (Wildman–Crippen MR) is 167 cm³/mol. The summed E-state index contributed by atoms with van der Waals surface area (Å²) in [6.07, 6.45) is 10.2. The molecule has 0 aromatic heterocycles. The van der Waals surface area contributed by atoms with E-state index in [9.17, 15) is 14.4 Å². The molecule has 2 aliphatic rings. The maximum atomic E-state index is 12.4. The van der Waals surface area contributed by atoms with Crippen LogP contribution in [0.4, 0.5) is 11.4 Å². The fraction of sp³-hybridized carbons (Fsp3) is 0.516. The fourth-order valence-corrected chi connectivity index (χ4v) is 6.91. The fourth-order valence-electron chi connectivity index (χ4n) is 5.26. The summed E-state index contributed by atoms with van der Waals surface area (Å²) in [4.78, 5) is 36.2. The molecule has 43 heavy (non-hydrogen) atoms. The van der Waals surface area contributed by atoms with Gasteiger partial charge in [-0.05, 0) is 73.8 Å². The van der Waals surface area contributed by atoms with Crippen molar-refractivity contribution >= 4 is 51.3 Å². The van der Waals surface area contributed by atoms with Gasteiger partial charge in [0, 0.05) is 42.7 Å². The van der Waals surface area contributed by atoms with E-state index in [0.717, 1.165) is 62.8 Å². The highest BCUT2D eigenvalue weighted by Gasteiger charge is 2.42. The standard InChI is InChI=1S/C31H40N4O3S.O3S/c36-27(14-8-9-15-28-30-24(22-39-28)21-29(37)33-30)13-7-2-1-3-10-20-32-31(38)23-16-18-26(19-17-23)35-34-25-11-5-4-6-12-25;1-4(2)3/h4-6,11-12,16-19,24,28,30H,1-3,7-10,13-15,20-22H2,(H,32,38)(H,33,37);/t24-,28?,30-;/m1./s1. The van der Waals surface area contributed by atoms with Crippen molar-refractivity contribution in [2.45, 2.75) is 81.9 Å². The first-order valence-electron chi connectivity index (χ1n) is 14.9. The van der Waals surface area contributed by atoms with Crippen LogP contribution >= 0.6 is 11.8 Å². The van der Waals surface area contributed by atoms with E-state index in [1.807, 2.05) is 42.1 Å². The van der Waals surface area contributed by atoms with E-state index in [2.05, 4.69) is 20.9 Å². The number of thioether (sulfide) groups is 1. The van der Waals surface area contributed by atoms with Crippen LogP contribution in [0.15, 0.2) is 64.8 Å². The molecule has 2 aromatic rings. The first-order valence-corrected chi connectivity index (χ1v) is 16.9. The summed E-state index contributed by atoms with van der Waals surface area (Å²) in [6.45, 7) is 0.651. The Morgan fingerprint density at radius 1 is 0.837 bits per heavy atom. The van der Waals surface area contributed by atoms with Crippen molar-refractivity contribution in [3.05, 3.63) is 60.2 Å². The molecule has 0 radical (unpaired) electrons. The van der Waals surface area contributed by atoms with E-state index < -0.39 is 10.6 Å². The highest BCUT2D eigenvalue weighted by molar-refractivity contribution is 8.00. The normalized spacial score (nSPS) is 18.9. The van der Waals surface area contributed by atoms with Gasteiger partial charge in [-0.15, -0.1) is 12.6 Å². The molecule has 2 heterocycles. The van der Waals surface area contributed by atoms with Gasteiger partial charge in [0.15, 0.2) is 0 Å². The molecule has 10 nitrogen and oxygen atoms in total.